The maximum Gasteiger partial charge on any atom is 0.00389 e. The van der Waals surface area contributed by atoms with Crippen LogP contribution in [0.1, 0.15) is 38.5 Å². The van der Waals surface area contributed by atoms with Crippen molar-refractivity contribution in [2.75, 3.05) is 0 Å². The second kappa shape index (κ2) is 2.54. The van der Waals surface area contributed by atoms with E-state index in [1.807, 2.05) is 0 Å². The quantitative estimate of drug-likeness (QED) is 0.545. The molecule has 0 aliphatic heterocycles. The molecule has 2 aliphatic rings. The molecule has 0 aromatic heterocycles. The van der Waals surface area contributed by atoms with Crippen LogP contribution >= 0.6 is 0 Å². The smallest absolute Gasteiger partial charge is 0.00389 e. The van der Waals surface area contributed by atoms with Crippen LogP contribution < -0.4 is 5.73 Å². The zero-order chi connectivity index (χ0) is 6.97. The van der Waals surface area contributed by atoms with Gasteiger partial charge >= 0.3 is 0 Å². The van der Waals surface area contributed by atoms with Crippen molar-refractivity contribution >= 4 is 0 Å². The lowest BCUT2D eigenvalue weighted by molar-refractivity contribution is 0.440. The molecule has 0 aromatic carbocycles. The third-order valence-electron chi connectivity index (χ3n) is 3.13. The zero-order valence-corrected chi connectivity index (χ0v) is 6.55. The molecule has 2 saturated carbocycles. The predicted molar refractivity (Wildman–Crippen MR) is 42.7 cm³/mol. The molecular weight excluding hydrogens is 122 g/mol. The summed E-state index contributed by atoms with van der Waals surface area (Å²) in [5.41, 5.74) is 5.88. The Labute approximate surface area is 63.0 Å². The lowest BCUT2D eigenvalue weighted by Crippen LogP contribution is -2.20. The van der Waals surface area contributed by atoms with Crippen molar-refractivity contribution < 1.29 is 0 Å². The standard InChI is InChI=1S/C9H17N/c10-9-3-1-2-7-6-8(7)4-5-9/h7-9H,1-6,10H2/t7-,8+,9-/m1/s1. The van der Waals surface area contributed by atoms with Crippen molar-refractivity contribution in [1.29, 1.82) is 0 Å². The van der Waals surface area contributed by atoms with E-state index in [2.05, 4.69) is 0 Å². The molecular formula is C9H17N. The first-order valence-electron chi connectivity index (χ1n) is 4.62. The summed E-state index contributed by atoms with van der Waals surface area (Å²) in [7, 11) is 0. The van der Waals surface area contributed by atoms with Gasteiger partial charge in [-0.2, -0.15) is 0 Å². The van der Waals surface area contributed by atoms with E-state index in [-0.39, 0.29) is 0 Å². The van der Waals surface area contributed by atoms with Gasteiger partial charge in [0.05, 0.1) is 0 Å². The Balaban J connectivity index is 1.83. The van der Waals surface area contributed by atoms with Gasteiger partial charge in [0.1, 0.15) is 0 Å². The van der Waals surface area contributed by atoms with Crippen LogP contribution in [0.15, 0.2) is 0 Å². The van der Waals surface area contributed by atoms with Gasteiger partial charge < -0.3 is 5.73 Å². The van der Waals surface area contributed by atoms with Crippen LogP contribution in [-0.2, 0) is 0 Å². The maximum atomic E-state index is 5.88. The average molecular weight is 139 g/mol. The van der Waals surface area contributed by atoms with Crippen LogP contribution in [0.4, 0.5) is 0 Å². The van der Waals surface area contributed by atoms with Crippen molar-refractivity contribution in [3.8, 4) is 0 Å². The van der Waals surface area contributed by atoms with Gasteiger partial charge in [0, 0.05) is 6.04 Å². The molecule has 0 heterocycles. The van der Waals surface area contributed by atoms with Crippen LogP contribution in [-0.4, -0.2) is 6.04 Å². The van der Waals surface area contributed by atoms with Crippen molar-refractivity contribution in [1.82, 2.24) is 0 Å². The maximum absolute atomic E-state index is 5.88. The number of hydrogen-bond acceptors (Lipinski definition) is 1. The Kier molecular flexibility index (Phi) is 1.69. The molecule has 3 atom stereocenters. The second-order valence-electron chi connectivity index (χ2n) is 4.02. The number of hydrogen-bond donors (Lipinski definition) is 1. The van der Waals surface area contributed by atoms with Gasteiger partial charge in [0.2, 0.25) is 0 Å². The van der Waals surface area contributed by atoms with E-state index >= 15 is 0 Å². The lowest BCUT2D eigenvalue weighted by atomic mass is 9.98. The number of nitrogens with two attached hydrogens (primary N) is 1. The molecule has 2 N–H and O–H groups in total. The zero-order valence-electron chi connectivity index (χ0n) is 6.55. The lowest BCUT2D eigenvalue weighted by Gasteiger charge is -2.13. The van der Waals surface area contributed by atoms with Crippen LogP contribution in [0.25, 0.3) is 0 Å². The van der Waals surface area contributed by atoms with Gasteiger partial charge in [-0.15, -0.1) is 0 Å². The van der Waals surface area contributed by atoms with Crippen molar-refractivity contribution in [2.24, 2.45) is 17.6 Å². The van der Waals surface area contributed by atoms with Gasteiger partial charge in [0.25, 0.3) is 0 Å². The topological polar surface area (TPSA) is 26.0 Å². The molecule has 1 heteroatoms. The Hall–Kier alpha value is -0.0400. The highest BCUT2D eigenvalue weighted by Crippen LogP contribution is 2.46. The van der Waals surface area contributed by atoms with Crippen LogP contribution in [0.3, 0.4) is 0 Å². The Bertz CT molecular complexity index is 120. The number of fused-ring (bicyclic) bond motifs is 1. The van der Waals surface area contributed by atoms with E-state index in [1.165, 1.54) is 38.5 Å². The second-order valence-corrected chi connectivity index (χ2v) is 4.02. The Morgan fingerprint density at radius 3 is 2.60 bits per heavy atom. The van der Waals surface area contributed by atoms with E-state index < -0.39 is 0 Å². The minimum Gasteiger partial charge on any atom is -0.328 e. The highest BCUT2D eigenvalue weighted by atomic mass is 14.6. The highest BCUT2D eigenvalue weighted by molar-refractivity contribution is 4.88. The monoisotopic (exact) mass is 139 g/mol. The minimum absolute atomic E-state index is 0.529. The molecule has 0 radical (unpaired) electrons. The summed E-state index contributed by atoms with van der Waals surface area (Å²) >= 11 is 0. The summed E-state index contributed by atoms with van der Waals surface area (Å²) in [6, 6.07) is 0.529. The first-order chi connectivity index (χ1) is 4.86. The molecule has 0 bridgehead atoms. The van der Waals surface area contributed by atoms with Gasteiger partial charge in [-0.25, -0.2) is 0 Å². The van der Waals surface area contributed by atoms with E-state index in [1.54, 1.807) is 0 Å². The minimum atomic E-state index is 0.529. The van der Waals surface area contributed by atoms with Crippen LogP contribution in [0.2, 0.25) is 0 Å². The van der Waals surface area contributed by atoms with E-state index in [0.717, 1.165) is 11.8 Å². The first kappa shape index (κ1) is 6.66. The molecule has 0 aromatic rings. The number of rotatable bonds is 0. The summed E-state index contributed by atoms with van der Waals surface area (Å²) in [5, 5.41) is 0. The predicted octanol–water partition coefficient (Wildman–Crippen LogP) is 1.91. The Morgan fingerprint density at radius 1 is 0.900 bits per heavy atom. The summed E-state index contributed by atoms with van der Waals surface area (Å²) in [5.74, 6) is 2.21. The highest BCUT2D eigenvalue weighted by Gasteiger charge is 2.36. The van der Waals surface area contributed by atoms with Gasteiger partial charge in [-0.1, -0.05) is 12.8 Å². The largest absolute Gasteiger partial charge is 0.328 e. The SMILES string of the molecule is N[C@@H]1CCC[C@@H]2C[C@@H]2CC1. The third kappa shape index (κ3) is 1.34. The molecule has 2 aliphatic carbocycles. The summed E-state index contributed by atoms with van der Waals surface area (Å²) in [4.78, 5) is 0. The molecule has 0 amide bonds. The summed E-state index contributed by atoms with van der Waals surface area (Å²) in [6.45, 7) is 0. The molecule has 0 saturated heterocycles. The van der Waals surface area contributed by atoms with E-state index in [9.17, 15) is 0 Å². The fourth-order valence-electron chi connectivity index (χ4n) is 2.23. The molecule has 10 heavy (non-hydrogen) atoms. The fraction of sp³-hybridized carbons (Fsp3) is 1.00. The van der Waals surface area contributed by atoms with Crippen LogP contribution in [0.5, 0.6) is 0 Å². The Morgan fingerprint density at radius 2 is 1.70 bits per heavy atom. The summed E-state index contributed by atoms with van der Waals surface area (Å²) in [6.07, 6.45) is 8.38. The van der Waals surface area contributed by atoms with E-state index in [4.69, 9.17) is 5.73 Å². The molecule has 0 spiro atoms. The van der Waals surface area contributed by atoms with Crippen LogP contribution in [0, 0.1) is 11.8 Å². The van der Waals surface area contributed by atoms with Crippen molar-refractivity contribution in [3.63, 3.8) is 0 Å². The molecule has 0 unspecified atom stereocenters. The van der Waals surface area contributed by atoms with Gasteiger partial charge in [0.15, 0.2) is 0 Å². The fourth-order valence-corrected chi connectivity index (χ4v) is 2.23. The molecule has 1 nitrogen and oxygen atoms in total. The van der Waals surface area contributed by atoms with E-state index in [0.29, 0.717) is 6.04 Å². The first-order valence-corrected chi connectivity index (χ1v) is 4.62. The normalized spacial score (nSPS) is 47.1. The van der Waals surface area contributed by atoms with Crippen molar-refractivity contribution in [2.45, 2.75) is 44.6 Å². The van der Waals surface area contributed by atoms with Crippen molar-refractivity contribution in [3.05, 3.63) is 0 Å². The van der Waals surface area contributed by atoms with Gasteiger partial charge in [-0.05, 0) is 37.5 Å². The molecule has 2 rings (SSSR count). The third-order valence-corrected chi connectivity index (χ3v) is 3.13. The molecule has 2 fully saturated rings. The average Bonchev–Trinajstić information content (AvgIpc) is 2.59. The molecule has 58 valence electrons. The van der Waals surface area contributed by atoms with Gasteiger partial charge in [-0.3, -0.25) is 0 Å². The summed E-state index contributed by atoms with van der Waals surface area (Å²) < 4.78 is 0.